The van der Waals surface area contributed by atoms with Crippen LogP contribution in [0, 0.1) is 13.8 Å². The first-order valence-electron chi connectivity index (χ1n) is 17.2. The Morgan fingerprint density at radius 3 is 2.33 bits per heavy atom. The summed E-state index contributed by atoms with van der Waals surface area (Å²) in [5.74, 6) is 0.112. The van der Waals surface area contributed by atoms with Crippen LogP contribution < -0.4 is 27.6 Å². The smallest absolute Gasteiger partial charge is 0.243 e. The number of aryl methyl sites for hydroxylation is 2. The molecule has 1 atom stereocenters. The Labute approximate surface area is 317 Å². The van der Waals surface area contributed by atoms with E-state index in [9.17, 15) is 18.0 Å². The molecular formula is C36H49Cl3N6O5S. The molecule has 1 aromatic heterocycles. The van der Waals surface area contributed by atoms with E-state index in [1.54, 1.807) is 15.9 Å². The minimum atomic E-state index is -4.28. The van der Waals surface area contributed by atoms with Crippen molar-refractivity contribution in [3.05, 3.63) is 63.3 Å². The van der Waals surface area contributed by atoms with E-state index < -0.39 is 21.6 Å². The fraction of sp³-hybridized carbons (Fsp3) is 0.528. The van der Waals surface area contributed by atoms with E-state index in [1.807, 2.05) is 32.0 Å². The number of nitrogens with zero attached hydrogens (tertiary/aromatic N) is 4. The molecule has 0 unspecified atom stereocenters. The van der Waals surface area contributed by atoms with Crippen molar-refractivity contribution in [2.24, 2.45) is 5.73 Å². The Balaban J connectivity index is 0.00000583. The first kappa shape index (κ1) is 41.1. The van der Waals surface area contributed by atoms with E-state index in [0.29, 0.717) is 75.1 Å². The number of pyridine rings is 1. The van der Waals surface area contributed by atoms with Gasteiger partial charge in [0.15, 0.2) is 0 Å². The zero-order valence-electron chi connectivity index (χ0n) is 30.0. The molecule has 2 heterocycles. The summed E-state index contributed by atoms with van der Waals surface area (Å²) in [5.41, 5.74) is 7.82. The number of aromatic nitrogens is 1. The lowest BCUT2D eigenvalue weighted by Gasteiger charge is -2.40. The average molecular weight is 784 g/mol. The number of fused-ring (bicyclic) bond motifs is 1. The normalized spacial score (nSPS) is 16.9. The number of amides is 2. The van der Waals surface area contributed by atoms with Crippen LogP contribution in [0.5, 0.6) is 5.75 Å². The monoisotopic (exact) mass is 782 g/mol. The lowest BCUT2D eigenvalue weighted by Crippen LogP contribution is -3.00. The summed E-state index contributed by atoms with van der Waals surface area (Å²) in [5, 5.41) is 1.12. The molecule has 1 aliphatic heterocycles. The second-order valence-electron chi connectivity index (χ2n) is 14.6. The SMILES string of the molecule is Cc1cc(C)c2cccc(OCc3c(Cl)ccc(S(=O)(=O)NC4(C(=O)N5CCN(C(=O)[C@@H](N)CCC[N+](C)(C)C)CC5)CCCC4)c3Cl)c2n1.[Cl-]. The van der Waals surface area contributed by atoms with Gasteiger partial charge < -0.3 is 37.2 Å². The molecule has 1 aliphatic carbocycles. The molecule has 2 fully saturated rings. The standard InChI is InChI=1S/C36H49Cl2N6O5S.ClH/c1-24-22-25(2)40-33-26(24)10-8-12-30(33)49-23-27-28(37)13-14-31(32(27)38)50(47,48)41-36(15-6-7-16-36)35(46)43-19-17-42(18-20-43)34(45)29(39)11-9-21-44(3,4)5;/h8,10,12-14,22,29,41H,6-7,9,11,15-21,23,39H2,1-5H3;1H/q+1;/p-1/t29-;/m0./s1. The minimum absolute atomic E-state index is 0. The lowest BCUT2D eigenvalue weighted by atomic mass is 9.96. The number of rotatable bonds is 12. The molecule has 3 N–H and O–H groups in total. The number of para-hydroxylation sites is 1. The van der Waals surface area contributed by atoms with Gasteiger partial charge in [0.2, 0.25) is 21.8 Å². The Hall–Kier alpha value is -2.71. The maximum atomic E-state index is 14.1. The summed E-state index contributed by atoms with van der Waals surface area (Å²) >= 11 is 13.3. The highest BCUT2D eigenvalue weighted by Crippen LogP contribution is 2.37. The first-order chi connectivity index (χ1) is 23.5. The summed E-state index contributed by atoms with van der Waals surface area (Å²) in [6.45, 7) is 6.01. The van der Waals surface area contributed by atoms with Crippen LogP contribution in [0.1, 0.15) is 55.3 Å². The molecule has 3 aromatic rings. The van der Waals surface area contributed by atoms with Crippen molar-refractivity contribution in [2.45, 2.75) is 75.5 Å². The van der Waals surface area contributed by atoms with Crippen molar-refractivity contribution in [2.75, 3.05) is 53.9 Å². The molecular weight excluding hydrogens is 735 g/mol. The number of carbonyl (C=O) groups excluding carboxylic acids is 2. The number of nitrogens with one attached hydrogen (secondary N) is 1. The number of carbonyl (C=O) groups is 2. The largest absolute Gasteiger partial charge is 1.00 e. The lowest BCUT2D eigenvalue weighted by molar-refractivity contribution is -0.870. The Morgan fingerprint density at radius 2 is 1.69 bits per heavy atom. The van der Waals surface area contributed by atoms with Crippen molar-refractivity contribution < 1.29 is 39.6 Å². The molecule has 2 aliphatic rings. The number of halogens is 3. The highest BCUT2D eigenvalue weighted by molar-refractivity contribution is 7.89. The minimum Gasteiger partial charge on any atom is -1.00 e. The van der Waals surface area contributed by atoms with Crippen molar-refractivity contribution in [3.8, 4) is 5.75 Å². The van der Waals surface area contributed by atoms with Gasteiger partial charge in [0.1, 0.15) is 28.3 Å². The summed E-state index contributed by atoms with van der Waals surface area (Å²) in [4.78, 5) is 35.0. The zero-order chi connectivity index (χ0) is 36.4. The maximum absolute atomic E-state index is 14.1. The molecule has 11 nitrogen and oxygen atoms in total. The number of sulfonamides is 1. The third-order valence-corrected chi connectivity index (χ3v) is 12.2. The van der Waals surface area contributed by atoms with E-state index >= 15 is 0 Å². The van der Waals surface area contributed by atoms with E-state index in [-0.39, 0.29) is 45.8 Å². The molecule has 0 radical (unpaired) electrons. The number of benzene rings is 2. The van der Waals surface area contributed by atoms with Gasteiger partial charge in [-0.25, -0.2) is 13.4 Å². The van der Waals surface area contributed by atoms with Gasteiger partial charge in [-0.15, -0.1) is 0 Å². The van der Waals surface area contributed by atoms with Crippen LogP contribution in [0.4, 0.5) is 0 Å². The van der Waals surface area contributed by atoms with Crippen molar-refractivity contribution in [1.29, 1.82) is 0 Å². The molecule has 280 valence electrons. The molecule has 5 rings (SSSR count). The van der Waals surface area contributed by atoms with Gasteiger partial charge in [0.05, 0.1) is 38.8 Å². The van der Waals surface area contributed by atoms with Crippen LogP contribution >= 0.6 is 23.2 Å². The predicted molar refractivity (Wildman–Crippen MR) is 197 cm³/mol. The van der Waals surface area contributed by atoms with Crippen molar-refractivity contribution in [3.63, 3.8) is 0 Å². The van der Waals surface area contributed by atoms with Crippen LogP contribution in [0.15, 0.2) is 41.3 Å². The predicted octanol–water partition coefficient (Wildman–Crippen LogP) is 1.82. The number of nitrogens with two attached hydrogens (primary N) is 1. The number of ether oxygens (including phenoxy) is 1. The summed E-state index contributed by atoms with van der Waals surface area (Å²) in [6, 6.07) is 9.87. The Kier molecular flexibility index (Phi) is 13.3. The van der Waals surface area contributed by atoms with Gasteiger partial charge in [0, 0.05) is 47.8 Å². The number of piperazine rings is 1. The molecule has 15 heteroatoms. The third-order valence-electron chi connectivity index (χ3n) is 9.69. The zero-order valence-corrected chi connectivity index (χ0v) is 33.1. The summed E-state index contributed by atoms with van der Waals surface area (Å²) in [6.07, 6.45) is 3.54. The van der Waals surface area contributed by atoms with Crippen molar-refractivity contribution >= 4 is 55.9 Å². The van der Waals surface area contributed by atoms with E-state index in [2.05, 4.69) is 30.8 Å². The molecule has 0 spiro atoms. The van der Waals surface area contributed by atoms with Gasteiger partial charge in [-0.3, -0.25) is 9.59 Å². The molecule has 2 amide bonds. The van der Waals surface area contributed by atoms with Crippen molar-refractivity contribution in [1.82, 2.24) is 19.5 Å². The molecule has 0 bridgehead atoms. The third kappa shape index (κ3) is 9.45. The van der Waals surface area contributed by atoms with Crippen LogP contribution in [0.25, 0.3) is 10.9 Å². The topological polar surface area (TPSA) is 135 Å². The highest BCUT2D eigenvalue weighted by Gasteiger charge is 2.47. The molecule has 2 aromatic carbocycles. The van der Waals surface area contributed by atoms with E-state index in [1.165, 1.54) is 12.1 Å². The van der Waals surface area contributed by atoms with Gasteiger partial charge in [0.25, 0.3) is 0 Å². The van der Waals surface area contributed by atoms with Crippen LogP contribution in [0.3, 0.4) is 0 Å². The van der Waals surface area contributed by atoms with Gasteiger partial charge in [-0.05, 0) is 69.4 Å². The van der Waals surface area contributed by atoms with E-state index in [0.717, 1.165) is 34.1 Å². The summed E-state index contributed by atoms with van der Waals surface area (Å²) in [7, 11) is 2.03. The van der Waals surface area contributed by atoms with Crippen LogP contribution in [-0.2, 0) is 26.2 Å². The fourth-order valence-corrected chi connectivity index (χ4v) is 9.27. The number of hydrogen-bond donors (Lipinski definition) is 2. The van der Waals surface area contributed by atoms with Gasteiger partial charge in [-0.1, -0.05) is 48.2 Å². The number of quaternary nitrogens is 1. The average Bonchev–Trinajstić information content (AvgIpc) is 3.52. The molecule has 1 saturated carbocycles. The first-order valence-corrected chi connectivity index (χ1v) is 19.4. The Morgan fingerprint density at radius 1 is 1.04 bits per heavy atom. The van der Waals surface area contributed by atoms with Gasteiger partial charge >= 0.3 is 0 Å². The quantitative estimate of drug-likeness (QED) is 0.268. The van der Waals surface area contributed by atoms with Gasteiger partial charge in [-0.2, -0.15) is 4.72 Å². The Bertz CT molecular complexity index is 1860. The highest BCUT2D eigenvalue weighted by atomic mass is 35.5. The second-order valence-corrected chi connectivity index (χ2v) is 17.1. The van der Waals surface area contributed by atoms with E-state index in [4.69, 9.17) is 33.7 Å². The molecule has 51 heavy (non-hydrogen) atoms. The second kappa shape index (κ2) is 16.5. The van der Waals surface area contributed by atoms with Crippen LogP contribution in [0.2, 0.25) is 10.0 Å². The maximum Gasteiger partial charge on any atom is 0.243 e. The molecule has 1 saturated heterocycles. The number of hydrogen-bond acceptors (Lipinski definition) is 7. The fourth-order valence-electron chi connectivity index (χ4n) is 6.96. The van der Waals surface area contributed by atoms with Crippen LogP contribution in [-0.4, -0.2) is 105 Å². The summed E-state index contributed by atoms with van der Waals surface area (Å²) < 4.78 is 37.8.